The minimum absolute atomic E-state index is 0.0282. The zero-order chi connectivity index (χ0) is 18.0. The molecule has 5 nitrogen and oxygen atoms in total. The molecule has 1 aliphatic heterocycles. The number of aliphatic hydroxyl groups is 1. The molecular formula is C19H34N2O3. The van der Waals surface area contributed by atoms with Gasteiger partial charge in [0, 0.05) is 30.5 Å². The number of hydrogen-bond acceptors (Lipinski definition) is 3. The van der Waals surface area contributed by atoms with Gasteiger partial charge in [0.05, 0.1) is 12.0 Å². The van der Waals surface area contributed by atoms with E-state index in [9.17, 15) is 14.7 Å². The maximum atomic E-state index is 12.6. The second-order valence-corrected chi connectivity index (χ2v) is 8.97. The number of hydrogen-bond donors (Lipinski definition) is 2. The van der Waals surface area contributed by atoms with Crippen molar-refractivity contribution < 1.29 is 14.7 Å². The van der Waals surface area contributed by atoms with Crippen LogP contribution >= 0.6 is 0 Å². The molecule has 0 unspecified atom stereocenters. The van der Waals surface area contributed by atoms with Gasteiger partial charge in [0.1, 0.15) is 0 Å². The fourth-order valence-electron chi connectivity index (χ4n) is 3.87. The fourth-order valence-corrected chi connectivity index (χ4v) is 3.87. The Hall–Kier alpha value is -1.10. The van der Waals surface area contributed by atoms with Gasteiger partial charge < -0.3 is 15.3 Å². The van der Waals surface area contributed by atoms with Crippen LogP contribution in [0.1, 0.15) is 66.2 Å². The van der Waals surface area contributed by atoms with Gasteiger partial charge in [-0.1, -0.05) is 40.5 Å². The summed E-state index contributed by atoms with van der Waals surface area (Å²) < 4.78 is 0. The zero-order valence-corrected chi connectivity index (χ0v) is 15.7. The Labute approximate surface area is 146 Å². The average molecular weight is 338 g/mol. The minimum Gasteiger partial charge on any atom is -0.392 e. The number of carbonyl (C=O) groups is 2. The molecule has 0 spiro atoms. The van der Waals surface area contributed by atoms with E-state index in [1.54, 1.807) is 0 Å². The number of amides is 2. The molecule has 24 heavy (non-hydrogen) atoms. The molecule has 2 aliphatic rings. The van der Waals surface area contributed by atoms with Crippen LogP contribution in [-0.2, 0) is 9.59 Å². The fraction of sp³-hybridized carbons (Fsp3) is 0.895. The molecule has 5 heteroatoms. The van der Waals surface area contributed by atoms with E-state index in [-0.39, 0.29) is 29.3 Å². The monoisotopic (exact) mass is 338 g/mol. The number of rotatable bonds is 3. The number of likely N-dealkylation sites (tertiary alicyclic amines) is 1. The first-order valence-electron chi connectivity index (χ1n) is 9.39. The molecule has 0 bridgehead atoms. The average Bonchev–Trinajstić information content (AvgIpc) is 2.54. The maximum absolute atomic E-state index is 12.6. The number of nitrogens with one attached hydrogen (secondary N) is 1. The molecule has 1 saturated carbocycles. The summed E-state index contributed by atoms with van der Waals surface area (Å²) in [7, 11) is 0. The molecule has 0 aromatic heterocycles. The summed E-state index contributed by atoms with van der Waals surface area (Å²) >= 11 is 0. The molecule has 1 heterocycles. The van der Waals surface area contributed by atoms with E-state index in [4.69, 9.17) is 0 Å². The second-order valence-electron chi connectivity index (χ2n) is 8.97. The van der Waals surface area contributed by atoms with Crippen molar-refractivity contribution in [2.24, 2.45) is 16.7 Å². The summed E-state index contributed by atoms with van der Waals surface area (Å²) in [5.41, 5.74) is -0.623. The number of carbonyl (C=O) groups excluding carboxylic acids is 2. The summed E-state index contributed by atoms with van der Waals surface area (Å²) in [5, 5.41) is 13.3. The quantitative estimate of drug-likeness (QED) is 0.830. The third kappa shape index (κ3) is 4.50. The Bertz CT molecular complexity index is 472. The normalized spacial score (nSPS) is 31.6. The van der Waals surface area contributed by atoms with Crippen molar-refractivity contribution in [3.63, 3.8) is 0 Å². The van der Waals surface area contributed by atoms with Gasteiger partial charge in [0.25, 0.3) is 0 Å². The lowest BCUT2D eigenvalue weighted by Crippen LogP contribution is -2.51. The highest BCUT2D eigenvalue weighted by atomic mass is 16.3. The SMILES string of the molecule is CC(C)(C)C(=O)N1CCC[C@H](C(=O)NC[C@@]2(C)CCCC[C@@H]2O)C1. The van der Waals surface area contributed by atoms with Crippen LogP contribution in [0.15, 0.2) is 0 Å². The highest BCUT2D eigenvalue weighted by Gasteiger charge is 2.37. The molecule has 3 atom stereocenters. The highest BCUT2D eigenvalue weighted by molar-refractivity contribution is 5.83. The van der Waals surface area contributed by atoms with Crippen LogP contribution in [0.4, 0.5) is 0 Å². The van der Waals surface area contributed by atoms with E-state index in [0.29, 0.717) is 13.1 Å². The Morgan fingerprint density at radius 1 is 1.21 bits per heavy atom. The molecule has 2 rings (SSSR count). The summed E-state index contributed by atoms with van der Waals surface area (Å²) in [4.78, 5) is 26.9. The minimum atomic E-state index is -0.405. The largest absolute Gasteiger partial charge is 0.392 e. The van der Waals surface area contributed by atoms with Crippen molar-refractivity contribution in [2.75, 3.05) is 19.6 Å². The molecule has 138 valence electrons. The van der Waals surface area contributed by atoms with Crippen molar-refractivity contribution in [1.29, 1.82) is 0 Å². The Kier molecular flexibility index (Phi) is 5.95. The van der Waals surface area contributed by atoms with Crippen molar-refractivity contribution >= 4 is 11.8 Å². The second kappa shape index (κ2) is 7.42. The molecule has 1 aliphatic carbocycles. The first kappa shape index (κ1) is 19.2. The summed E-state index contributed by atoms with van der Waals surface area (Å²) in [6.07, 6.45) is 5.32. The van der Waals surface area contributed by atoms with Gasteiger partial charge in [-0.25, -0.2) is 0 Å². The highest BCUT2D eigenvalue weighted by Crippen LogP contribution is 2.35. The topological polar surface area (TPSA) is 69.6 Å². The van der Waals surface area contributed by atoms with Crippen LogP contribution < -0.4 is 5.32 Å². The predicted molar refractivity (Wildman–Crippen MR) is 94.4 cm³/mol. The van der Waals surface area contributed by atoms with Crippen molar-refractivity contribution in [3.05, 3.63) is 0 Å². The van der Waals surface area contributed by atoms with E-state index in [1.165, 1.54) is 0 Å². The lowest BCUT2D eigenvalue weighted by Gasteiger charge is -2.39. The first-order valence-corrected chi connectivity index (χ1v) is 9.39. The maximum Gasteiger partial charge on any atom is 0.227 e. The Morgan fingerprint density at radius 2 is 1.92 bits per heavy atom. The summed E-state index contributed by atoms with van der Waals surface area (Å²) in [6, 6.07) is 0. The molecule has 2 amide bonds. The third-order valence-corrected chi connectivity index (χ3v) is 5.67. The van der Waals surface area contributed by atoms with Gasteiger partial charge in [-0.05, 0) is 25.7 Å². The lowest BCUT2D eigenvalue weighted by molar-refractivity contribution is -0.143. The van der Waals surface area contributed by atoms with Gasteiger partial charge in [-0.2, -0.15) is 0 Å². The summed E-state index contributed by atoms with van der Waals surface area (Å²) in [5.74, 6) is 0.0180. The smallest absolute Gasteiger partial charge is 0.227 e. The van der Waals surface area contributed by atoms with Crippen molar-refractivity contribution in [1.82, 2.24) is 10.2 Å². The van der Waals surface area contributed by atoms with Crippen LogP contribution in [0.5, 0.6) is 0 Å². The van der Waals surface area contributed by atoms with Crippen molar-refractivity contribution in [3.8, 4) is 0 Å². The van der Waals surface area contributed by atoms with E-state index in [1.807, 2.05) is 25.7 Å². The lowest BCUT2D eigenvalue weighted by atomic mass is 9.73. The van der Waals surface area contributed by atoms with Crippen LogP contribution in [0.3, 0.4) is 0 Å². The standard InChI is InChI=1S/C19H34N2O3/c1-18(2,3)17(24)21-11-7-8-14(12-21)16(23)20-13-19(4)10-6-5-9-15(19)22/h14-15,22H,5-13H2,1-4H3,(H,20,23)/t14-,15-,19+/m0/s1. The van der Waals surface area contributed by atoms with Gasteiger partial charge in [-0.3, -0.25) is 9.59 Å². The van der Waals surface area contributed by atoms with Gasteiger partial charge in [0.15, 0.2) is 0 Å². The molecule has 1 saturated heterocycles. The van der Waals surface area contributed by atoms with Crippen LogP contribution in [0, 0.1) is 16.7 Å². The molecular weight excluding hydrogens is 304 g/mol. The zero-order valence-electron chi connectivity index (χ0n) is 15.7. The molecule has 2 fully saturated rings. The van der Waals surface area contributed by atoms with Gasteiger partial charge >= 0.3 is 0 Å². The van der Waals surface area contributed by atoms with Gasteiger partial charge in [-0.15, -0.1) is 0 Å². The molecule has 2 N–H and O–H groups in total. The van der Waals surface area contributed by atoms with E-state index in [2.05, 4.69) is 12.2 Å². The molecule has 0 radical (unpaired) electrons. The number of nitrogens with zero attached hydrogens (tertiary/aromatic N) is 1. The Morgan fingerprint density at radius 3 is 2.54 bits per heavy atom. The Balaban J connectivity index is 1.89. The van der Waals surface area contributed by atoms with Crippen LogP contribution in [-0.4, -0.2) is 47.6 Å². The number of aliphatic hydroxyl groups excluding tert-OH is 1. The first-order chi connectivity index (χ1) is 11.1. The molecule has 0 aromatic carbocycles. The molecule has 0 aromatic rings. The summed E-state index contributed by atoms with van der Waals surface area (Å²) in [6.45, 7) is 9.61. The van der Waals surface area contributed by atoms with E-state index >= 15 is 0 Å². The van der Waals surface area contributed by atoms with Gasteiger partial charge in [0.2, 0.25) is 11.8 Å². The third-order valence-electron chi connectivity index (χ3n) is 5.67. The van der Waals surface area contributed by atoms with Crippen LogP contribution in [0.25, 0.3) is 0 Å². The van der Waals surface area contributed by atoms with E-state index in [0.717, 1.165) is 45.1 Å². The van der Waals surface area contributed by atoms with E-state index < -0.39 is 5.41 Å². The predicted octanol–water partition coefficient (Wildman–Crippen LogP) is 2.33. The van der Waals surface area contributed by atoms with Crippen molar-refractivity contribution in [2.45, 2.75) is 72.3 Å². The number of piperidine rings is 1. The van der Waals surface area contributed by atoms with Crippen LogP contribution in [0.2, 0.25) is 0 Å².